The number of carbonyl (C=O) groups excluding carboxylic acids is 1. The number of hydrogen-bond donors (Lipinski definition) is 2. The highest BCUT2D eigenvalue weighted by Gasteiger charge is 2.30. The number of nitrogens with zero attached hydrogens (tertiary/aromatic N) is 1. The molecule has 0 spiro atoms. The van der Waals surface area contributed by atoms with Crippen LogP contribution in [0.5, 0.6) is 0 Å². The van der Waals surface area contributed by atoms with Crippen molar-refractivity contribution in [2.75, 3.05) is 18.5 Å². The summed E-state index contributed by atoms with van der Waals surface area (Å²) in [5, 5.41) is 12.5. The molecule has 0 aromatic heterocycles. The molecule has 0 saturated heterocycles. The van der Waals surface area contributed by atoms with Crippen LogP contribution in [0.4, 0.5) is 10.5 Å². The highest BCUT2D eigenvalue weighted by atomic mass is 32.2. The van der Waals surface area contributed by atoms with Gasteiger partial charge in [-0.3, -0.25) is 4.21 Å². The third-order valence-electron chi connectivity index (χ3n) is 5.56. The largest absolute Gasteiger partial charge is 0.395 e. The summed E-state index contributed by atoms with van der Waals surface area (Å²) < 4.78 is 12.6. The summed E-state index contributed by atoms with van der Waals surface area (Å²) in [5.74, 6) is 0.379. The summed E-state index contributed by atoms with van der Waals surface area (Å²) in [5.41, 5.74) is 3.95. The average Bonchev–Trinajstić information content (AvgIpc) is 3.22. The number of aryl methyl sites for hydroxylation is 1. The maximum Gasteiger partial charge on any atom is 0.322 e. The van der Waals surface area contributed by atoms with Crippen LogP contribution in [0.15, 0.2) is 83.8 Å². The number of aliphatic hydroxyl groups excluding tert-OH is 1. The number of aliphatic hydroxyl groups is 1. The molecule has 1 aliphatic rings. The molecule has 2 amide bonds. The fraction of sp³-hybridized carbons (Fsp3) is 0.240. The first-order chi connectivity index (χ1) is 15.2. The summed E-state index contributed by atoms with van der Waals surface area (Å²) in [4.78, 5) is 15.6. The van der Waals surface area contributed by atoms with E-state index in [2.05, 4.69) is 17.4 Å². The van der Waals surface area contributed by atoms with E-state index in [0.29, 0.717) is 11.4 Å². The Kier molecular flexibility index (Phi) is 6.79. The van der Waals surface area contributed by atoms with Crippen LogP contribution < -0.4 is 5.32 Å². The van der Waals surface area contributed by atoms with Gasteiger partial charge in [0.05, 0.1) is 29.2 Å². The molecule has 3 aromatic rings. The van der Waals surface area contributed by atoms with Crippen LogP contribution in [0.2, 0.25) is 0 Å². The van der Waals surface area contributed by atoms with Crippen molar-refractivity contribution in [3.63, 3.8) is 0 Å². The monoisotopic (exact) mass is 434 g/mol. The fourth-order valence-electron chi connectivity index (χ4n) is 4.11. The topological polar surface area (TPSA) is 69.6 Å². The second-order valence-corrected chi connectivity index (χ2v) is 9.05. The molecule has 0 bridgehead atoms. The minimum atomic E-state index is -1.15. The molecule has 0 saturated carbocycles. The maximum atomic E-state index is 13.1. The normalized spacial score (nSPS) is 15.8. The second kappa shape index (κ2) is 9.90. The number of amides is 2. The zero-order valence-corrected chi connectivity index (χ0v) is 18.1. The molecule has 0 fully saturated rings. The van der Waals surface area contributed by atoms with E-state index in [1.54, 1.807) is 4.90 Å². The van der Waals surface area contributed by atoms with Gasteiger partial charge in [0.15, 0.2) is 0 Å². The van der Waals surface area contributed by atoms with Crippen molar-refractivity contribution in [3.8, 4) is 0 Å². The smallest absolute Gasteiger partial charge is 0.322 e. The standard InChI is InChI=1S/C25H26N2O3S/c28-16-15-27(24-14-13-20-8-4-5-12-23(20)24)25(29)26-21-9-6-7-19(17-21)18-31(30)22-10-2-1-3-11-22/h1-12,17,24,28H,13-16,18H2,(H,26,29)/t24-,31+/m1/s1. The van der Waals surface area contributed by atoms with Crippen LogP contribution in [-0.2, 0) is 23.0 Å². The summed E-state index contributed by atoms with van der Waals surface area (Å²) in [6.07, 6.45) is 1.78. The number of fused-ring (bicyclic) bond motifs is 1. The lowest BCUT2D eigenvalue weighted by atomic mass is 10.1. The molecular formula is C25H26N2O3S. The van der Waals surface area contributed by atoms with Crippen molar-refractivity contribution in [2.45, 2.75) is 29.5 Å². The minimum absolute atomic E-state index is 0.0443. The Bertz CT molecular complexity index is 1070. The van der Waals surface area contributed by atoms with E-state index in [9.17, 15) is 14.1 Å². The van der Waals surface area contributed by atoms with Crippen molar-refractivity contribution < 1.29 is 14.1 Å². The van der Waals surface area contributed by atoms with Gasteiger partial charge in [0.2, 0.25) is 0 Å². The molecule has 6 heteroatoms. The molecule has 5 nitrogen and oxygen atoms in total. The Hall–Kier alpha value is -2.96. The van der Waals surface area contributed by atoms with E-state index in [1.807, 2.05) is 66.7 Å². The molecular weight excluding hydrogens is 408 g/mol. The lowest BCUT2D eigenvalue weighted by Crippen LogP contribution is -2.39. The van der Waals surface area contributed by atoms with E-state index >= 15 is 0 Å². The van der Waals surface area contributed by atoms with E-state index < -0.39 is 10.8 Å². The number of urea groups is 1. The molecule has 0 unspecified atom stereocenters. The number of hydrogen-bond acceptors (Lipinski definition) is 3. The summed E-state index contributed by atoms with van der Waals surface area (Å²) in [6.45, 7) is 0.171. The van der Waals surface area contributed by atoms with Crippen LogP contribution >= 0.6 is 0 Å². The SMILES string of the molecule is O=C(Nc1cccc(C[S@](=O)c2ccccc2)c1)N(CCO)[C@@H]1CCc2ccccc21. The van der Waals surface area contributed by atoms with E-state index in [4.69, 9.17) is 0 Å². The van der Waals surface area contributed by atoms with Gasteiger partial charge in [-0.1, -0.05) is 54.6 Å². The number of rotatable bonds is 7. The molecule has 4 rings (SSSR count). The van der Waals surface area contributed by atoms with Crippen molar-refractivity contribution in [1.82, 2.24) is 4.90 Å². The van der Waals surface area contributed by atoms with Gasteiger partial charge in [-0.25, -0.2) is 4.79 Å². The fourth-order valence-corrected chi connectivity index (χ4v) is 5.22. The van der Waals surface area contributed by atoms with E-state index in [1.165, 1.54) is 5.56 Å². The average molecular weight is 435 g/mol. The van der Waals surface area contributed by atoms with Crippen LogP contribution in [0, 0.1) is 0 Å². The number of benzene rings is 3. The zero-order valence-electron chi connectivity index (χ0n) is 17.2. The third kappa shape index (κ3) is 5.03. The highest BCUT2D eigenvalue weighted by Crippen LogP contribution is 2.35. The molecule has 31 heavy (non-hydrogen) atoms. The van der Waals surface area contributed by atoms with Gasteiger partial charge in [0, 0.05) is 17.1 Å². The summed E-state index contributed by atoms with van der Waals surface area (Å²) in [6, 6.07) is 24.7. The number of carbonyl (C=O) groups is 1. The molecule has 0 heterocycles. The Labute approximate surface area is 185 Å². The quantitative estimate of drug-likeness (QED) is 0.575. The van der Waals surface area contributed by atoms with E-state index in [0.717, 1.165) is 28.9 Å². The van der Waals surface area contributed by atoms with Crippen molar-refractivity contribution in [3.05, 3.63) is 95.6 Å². The van der Waals surface area contributed by atoms with Crippen LogP contribution in [-0.4, -0.2) is 33.4 Å². The first kappa shape index (κ1) is 21.3. The lowest BCUT2D eigenvalue weighted by Gasteiger charge is -2.29. The van der Waals surface area contributed by atoms with Gasteiger partial charge in [-0.15, -0.1) is 0 Å². The summed E-state index contributed by atoms with van der Waals surface area (Å²) in [7, 11) is -1.15. The van der Waals surface area contributed by atoms with Gasteiger partial charge >= 0.3 is 6.03 Å². The van der Waals surface area contributed by atoms with Gasteiger partial charge in [0.1, 0.15) is 0 Å². The Morgan fingerprint density at radius 1 is 1.03 bits per heavy atom. The van der Waals surface area contributed by atoms with Crippen LogP contribution in [0.1, 0.15) is 29.2 Å². The van der Waals surface area contributed by atoms with Crippen molar-refractivity contribution >= 4 is 22.5 Å². The van der Waals surface area contributed by atoms with Crippen molar-refractivity contribution in [1.29, 1.82) is 0 Å². The van der Waals surface area contributed by atoms with Gasteiger partial charge in [0.25, 0.3) is 0 Å². The molecule has 2 atom stereocenters. The number of anilines is 1. The lowest BCUT2D eigenvalue weighted by molar-refractivity contribution is 0.162. The van der Waals surface area contributed by atoms with Crippen molar-refractivity contribution in [2.24, 2.45) is 0 Å². The maximum absolute atomic E-state index is 13.1. The predicted octanol–water partition coefficient (Wildman–Crippen LogP) is 4.51. The first-order valence-corrected chi connectivity index (χ1v) is 11.8. The first-order valence-electron chi connectivity index (χ1n) is 10.4. The van der Waals surface area contributed by atoms with Crippen LogP contribution in [0.25, 0.3) is 0 Å². The van der Waals surface area contributed by atoms with E-state index in [-0.39, 0.29) is 25.2 Å². The molecule has 3 aromatic carbocycles. The molecule has 160 valence electrons. The second-order valence-electron chi connectivity index (χ2n) is 7.60. The zero-order chi connectivity index (χ0) is 21.6. The van der Waals surface area contributed by atoms with Gasteiger partial charge in [-0.05, 0) is 53.8 Å². The summed E-state index contributed by atoms with van der Waals surface area (Å²) >= 11 is 0. The Morgan fingerprint density at radius 3 is 2.61 bits per heavy atom. The minimum Gasteiger partial charge on any atom is -0.395 e. The van der Waals surface area contributed by atoms with Gasteiger partial charge in [-0.2, -0.15) is 0 Å². The molecule has 0 radical (unpaired) electrons. The van der Waals surface area contributed by atoms with Crippen LogP contribution in [0.3, 0.4) is 0 Å². The molecule has 0 aliphatic heterocycles. The Morgan fingerprint density at radius 2 is 1.81 bits per heavy atom. The molecule has 2 N–H and O–H groups in total. The van der Waals surface area contributed by atoms with Gasteiger partial charge < -0.3 is 15.3 Å². The molecule has 1 aliphatic carbocycles. The predicted molar refractivity (Wildman–Crippen MR) is 123 cm³/mol. The Balaban J connectivity index is 1.47. The number of nitrogens with one attached hydrogen (secondary N) is 1. The third-order valence-corrected chi connectivity index (χ3v) is 6.95. The highest BCUT2D eigenvalue weighted by molar-refractivity contribution is 7.84.